The maximum absolute atomic E-state index is 5.39. The molecule has 1 N–H and O–H groups in total. The van der Waals surface area contributed by atoms with Crippen LogP contribution in [0.5, 0.6) is 0 Å². The quantitative estimate of drug-likeness (QED) is 0.474. The van der Waals surface area contributed by atoms with Gasteiger partial charge in [0.1, 0.15) is 0 Å². The third-order valence-corrected chi connectivity index (χ3v) is 3.38. The smallest absolute Gasteiger partial charge is 0.193 e. The Morgan fingerprint density at radius 3 is 2.65 bits per heavy atom. The molecule has 0 amide bonds. The molecule has 0 radical (unpaired) electrons. The highest BCUT2D eigenvalue weighted by Crippen LogP contribution is 2.27. The molecule has 1 atom stereocenters. The van der Waals surface area contributed by atoms with Crippen molar-refractivity contribution < 1.29 is 4.74 Å². The van der Waals surface area contributed by atoms with Crippen molar-refractivity contribution in [3.63, 3.8) is 0 Å². The molecule has 2 aliphatic rings. The van der Waals surface area contributed by atoms with Crippen LogP contribution in [0.15, 0.2) is 4.99 Å². The van der Waals surface area contributed by atoms with E-state index in [0.717, 1.165) is 38.2 Å². The molecule has 100 valence electrons. The lowest BCUT2D eigenvalue weighted by Gasteiger charge is -2.24. The molecule has 1 unspecified atom stereocenters. The number of nitrogens with zero attached hydrogens (tertiary/aromatic N) is 2. The van der Waals surface area contributed by atoms with Gasteiger partial charge in [-0.2, -0.15) is 0 Å². The zero-order valence-corrected chi connectivity index (χ0v) is 13.1. The summed E-state index contributed by atoms with van der Waals surface area (Å²) in [4.78, 5) is 6.54. The second-order valence-corrected chi connectivity index (χ2v) is 4.98. The first-order valence-corrected chi connectivity index (χ1v) is 6.29. The van der Waals surface area contributed by atoms with E-state index in [1.54, 1.807) is 0 Å². The minimum atomic E-state index is 0. The van der Waals surface area contributed by atoms with Crippen LogP contribution in [0.2, 0.25) is 0 Å². The highest BCUT2D eigenvalue weighted by Gasteiger charge is 2.23. The minimum absolute atomic E-state index is 0. The van der Waals surface area contributed by atoms with E-state index in [1.807, 2.05) is 7.05 Å². The van der Waals surface area contributed by atoms with E-state index in [1.165, 1.54) is 19.3 Å². The van der Waals surface area contributed by atoms with Gasteiger partial charge in [0.2, 0.25) is 0 Å². The Kier molecular flexibility index (Phi) is 6.54. The average Bonchev–Trinajstić information content (AvgIpc) is 2.96. The van der Waals surface area contributed by atoms with Gasteiger partial charge in [-0.25, -0.2) is 0 Å². The van der Waals surface area contributed by atoms with Crippen molar-refractivity contribution >= 4 is 29.9 Å². The van der Waals surface area contributed by atoms with Gasteiger partial charge in [0.25, 0.3) is 0 Å². The number of nitrogens with one attached hydrogen (secondary N) is 1. The first-order chi connectivity index (χ1) is 7.79. The summed E-state index contributed by atoms with van der Waals surface area (Å²) in [5.41, 5.74) is 0. The van der Waals surface area contributed by atoms with Gasteiger partial charge in [-0.15, -0.1) is 24.0 Å². The fraction of sp³-hybridized carbons (Fsp3) is 0.917. The molecule has 0 aromatic heterocycles. The largest absolute Gasteiger partial charge is 0.381 e. The summed E-state index contributed by atoms with van der Waals surface area (Å²) in [5.74, 6) is 2.59. The fourth-order valence-electron chi connectivity index (χ4n) is 2.14. The fourth-order valence-corrected chi connectivity index (χ4v) is 2.14. The molecule has 0 aromatic rings. The van der Waals surface area contributed by atoms with E-state index in [9.17, 15) is 0 Å². The van der Waals surface area contributed by atoms with Gasteiger partial charge in [-0.3, -0.25) is 4.99 Å². The molecule has 5 heteroatoms. The van der Waals surface area contributed by atoms with Crippen molar-refractivity contribution in [2.24, 2.45) is 16.8 Å². The minimum Gasteiger partial charge on any atom is -0.381 e. The molecule has 1 aliphatic heterocycles. The van der Waals surface area contributed by atoms with Gasteiger partial charge in [0.15, 0.2) is 5.96 Å². The predicted molar refractivity (Wildman–Crippen MR) is 81.1 cm³/mol. The Morgan fingerprint density at radius 1 is 1.35 bits per heavy atom. The predicted octanol–water partition coefficient (Wildman–Crippen LogP) is 1.56. The van der Waals surface area contributed by atoms with E-state index >= 15 is 0 Å². The number of aliphatic imine (C=N–C) groups is 1. The molecule has 0 aromatic carbocycles. The number of halogens is 1. The summed E-state index contributed by atoms with van der Waals surface area (Å²) >= 11 is 0. The zero-order valence-electron chi connectivity index (χ0n) is 10.8. The van der Waals surface area contributed by atoms with Gasteiger partial charge in [-0.1, -0.05) is 0 Å². The molecule has 17 heavy (non-hydrogen) atoms. The average molecular weight is 353 g/mol. The Balaban J connectivity index is 0.00000144. The van der Waals surface area contributed by atoms with E-state index in [4.69, 9.17) is 4.74 Å². The van der Waals surface area contributed by atoms with Crippen molar-refractivity contribution in [1.29, 1.82) is 0 Å². The van der Waals surface area contributed by atoms with Crippen molar-refractivity contribution in [2.75, 3.05) is 40.4 Å². The van der Waals surface area contributed by atoms with Crippen LogP contribution < -0.4 is 5.32 Å². The summed E-state index contributed by atoms with van der Waals surface area (Å²) in [6.07, 6.45) is 3.94. The van der Waals surface area contributed by atoms with E-state index in [2.05, 4.69) is 22.3 Å². The number of rotatable bonds is 4. The summed E-state index contributed by atoms with van der Waals surface area (Å²) in [6.45, 7) is 3.96. The Bertz CT molecular complexity index is 250. The molecule has 1 aliphatic carbocycles. The molecule has 1 heterocycles. The summed E-state index contributed by atoms with van der Waals surface area (Å²) in [7, 11) is 3.97. The first-order valence-electron chi connectivity index (χ1n) is 6.29. The highest BCUT2D eigenvalue weighted by molar-refractivity contribution is 14.0. The Morgan fingerprint density at radius 2 is 2.12 bits per heavy atom. The monoisotopic (exact) mass is 353 g/mol. The molecule has 0 spiro atoms. The molecular weight excluding hydrogens is 329 g/mol. The molecule has 1 saturated heterocycles. The lowest BCUT2D eigenvalue weighted by Crippen LogP contribution is -2.42. The maximum atomic E-state index is 5.39. The second-order valence-electron chi connectivity index (χ2n) is 4.98. The van der Waals surface area contributed by atoms with E-state index < -0.39 is 0 Å². The van der Waals surface area contributed by atoms with Gasteiger partial charge in [-0.05, 0) is 25.2 Å². The summed E-state index contributed by atoms with van der Waals surface area (Å²) < 4.78 is 5.39. The molecule has 1 saturated carbocycles. The van der Waals surface area contributed by atoms with Crippen LogP contribution in [-0.4, -0.2) is 51.3 Å². The highest BCUT2D eigenvalue weighted by atomic mass is 127. The third-order valence-electron chi connectivity index (χ3n) is 3.38. The summed E-state index contributed by atoms with van der Waals surface area (Å²) in [6, 6.07) is 0. The van der Waals surface area contributed by atoms with Crippen molar-refractivity contribution in [3.05, 3.63) is 0 Å². The maximum Gasteiger partial charge on any atom is 0.193 e. The third kappa shape index (κ3) is 4.99. The van der Waals surface area contributed by atoms with Crippen molar-refractivity contribution in [3.8, 4) is 0 Å². The first kappa shape index (κ1) is 15.0. The van der Waals surface area contributed by atoms with Crippen molar-refractivity contribution in [2.45, 2.75) is 19.3 Å². The van der Waals surface area contributed by atoms with Gasteiger partial charge in [0.05, 0.1) is 6.61 Å². The molecule has 0 bridgehead atoms. The normalized spacial score (nSPS) is 24.4. The van der Waals surface area contributed by atoms with Crippen LogP contribution in [-0.2, 0) is 4.74 Å². The standard InChI is InChI=1S/C12H23N3O.HI/c1-13-12(14-7-10-3-4-10)15(2)8-11-5-6-16-9-11;/h10-11H,3-9H2,1-2H3,(H,13,14);1H. The van der Waals surface area contributed by atoms with Crippen molar-refractivity contribution in [1.82, 2.24) is 10.2 Å². The van der Waals surface area contributed by atoms with E-state index in [-0.39, 0.29) is 24.0 Å². The molecule has 2 rings (SSSR count). The van der Waals surface area contributed by atoms with Crippen LogP contribution in [0.4, 0.5) is 0 Å². The van der Waals surface area contributed by atoms with Gasteiger partial charge in [0, 0.05) is 39.7 Å². The van der Waals surface area contributed by atoms with Crippen LogP contribution in [0.25, 0.3) is 0 Å². The lowest BCUT2D eigenvalue weighted by molar-refractivity contribution is 0.181. The van der Waals surface area contributed by atoms with E-state index in [0.29, 0.717) is 5.92 Å². The Labute approximate surface area is 121 Å². The number of guanidine groups is 1. The van der Waals surface area contributed by atoms with Crippen LogP contribution >= 0.6 is 24.0 Å². The topological polar surface area (TPSA) is 36.9 Å². The molecular formula is C12H24IN3O. The SMILES string of the molecule is CN=C(NCC1CC1)N(C)CC1CCOC1.I. The van der Waals surface area contributed by atoms with Gasteiger partial charge < -0.3 is 15.0 Å². The molecule has 4 nitrogen and oxygen atoms in total. The number of hydrogen-bond donors (Lipinski definition) is 1. The second kappa shape index (κ2) is 7.41. The van der Waals surface area contributed by atoms with Crippen LogP contribution in [0, 0.1) is 11.8 Å². The summed E-state index contributed by atoms with van der Waals surface area (Å²) in [5, 5.41) is 3.44. The Hall–Kier alpha value is -0.0400. The van der Waals surface area contributed by atoms with Crippen LogP contribution in [0.3, 0.4) is 0 Å². The molecule has 2 fully saturated rings. The van der Waals surface area contributed by atoms with Gasteiger partial charge >= 0.3 is 0 Å². The van der Waals surface area contributed by atoms with Crippen LogP contribution in [0.1, 0.15) is 19.3 Å². The lowest BCUT2D eigenvalue weighted by atomic mass is 10.1. The number of hydrogen-bond acceptors (Lipinski definition) is 2. The zero-order chi connectivity index (χ0) is 11.4. The number of ether oxygens (including phenoxy) is 1.